The fourth-order valence-electron chi connectivity index (χ4n) is 3.06. The molecule has 0 fully saturated rings. The van der Waals surface area contributed by atoms with E-state index in [9.17, 15) is 4.79 Å². The molecule has 0 aromatic heterocycles. The number of hydrogen-bond donors (Lipinski definition) is 0. The van der Waals surface area contributed by atoms with Crippen molar-refractivity contribution in [1.82, 2.24) is 0 Å². The second-order valence-electron chi connectivity index (χ2n) is 7.87. The second kappa shape index (κ2) is 8.20. The van der Waals surface area contributed by atoms with E-state index in [1.807, 2.05) is 42.5 Å². The molecular formula is C24H26FeO. The average Bonchev–Trinajstić information content (AvgIpc) is 3.22. The van der Waals surface area contributed by atoms with Gasteiger partial charge in [-0.3, -0.25) is 0 Å². The summed E-state index contributed by atoms with van der Waals surface area (Å²) in [7, 11) is 0. The van der Waals surface area contributed by atoms with E-state index < -0.39 is 0 Å². The Bertz CT molecular complexity index is 827. The first-order valence-corrected chi connectivity index (χ1v) is 10.2. The quantitative estimate of drug-likeness (QED) is 0.419. The van der Waals surface area contributed by atoms with Crippen LogP contribution >= 0.6 is 0 Å². The first kappa shape index (κ1) is 18.9. The van der Waals surface area contributed by atoms with Crippen LogP contribution in [0.3, 0.4) is 0 Å². The van der Waals surface area contributed by atoms with Gasteiger partial charge in [0, 0.05) is 0 Å². The summed E-state index contributed by atoms with van der Waals surface area (Å²) < 4.78 is 2.74. The molecule has 0 atom stereocenters. The fourth-order valence-corrected chi connectivity index (χ4v) is 4.70. The standard InChI is InChI=1S/C14H11O.C10H15.Fe/c15-14(13-8-4-5-9-13)11-10-12-6-2-1-3-7-12;1-10(2,3)8-9-6-4-5-7-9;/h1-4,6-8,10-11H,5H2;4,6H,5,8H2,1-3H3;. The third kappa shape index (κ3) is 5.06. The number of carbonyl (C=O) groups is 1. The maximum atomic E-state index is 12.7. The number of carbonyl (C=O) groups excluding carboxylic acids is 1. The van der Waals surface area contributed by atoms with Crippen molar-refractivity contribution >= 4 is 11.9 Å². The van der Waals surface area contributed by atoms with Crippen molar-refractivity contribution in [1.29, 1.82) is 0 Å². The summed E-state index contributed by atoms with van der Waals surface area (Å²) >= 11 is 0.922. The molecule has 1 aromatic carbocycles. The van der Waals surface area contributed by atoms with E-state index in [4.69, 9.17) is 0 Å². The van der Waals surface area contributed by atoms with Gasteiger partial charge in [0.25, 0.3) is 0 Å². The summed E-state index contributed by atoms with van der Waals surface area (Å²) in [6.07, 6.45) is 15.3. The number of benzene rings is 1. The molecule has 0 N–H and O–H groups in total. The molecule has 26 heavy (non-hydrogen) atoms. The van der Waals surface area contributed by atoms with Crippen molar-refractivity contribution in [3.63, 3.8) is 0 Å². The molecule has 0 heterocycles. The van der Waals surface area contributed by atoms with E-state index in [0.29, 0.717) is 0 Å². The van der Waals surface area contributed by atoms with Crippen LogP contribution in [0.4, 0.5) is 0 Å². The van der Waals surface area contributed by atoms with Crippen LogP contribution in [0.15, 0.2) is 80.8 Å². The zero-order chi connectivity index (χ0) is 18.6. The molecule has 2 heteroatoms. The molecule has 1 nitrogen and oxygen atoms in total. The van der Waals surface area contributed by atoms with Crippen LogP contribution in [0.1, 0.15) is 45.6 Å². The summed E-state index contributed by atoms with van der Waals surface area (Å²) in [4.78, 5) is 12.7. The van der Waals surface area contributed by atoms with Gasteiger partial charge in [-0.05, 0) is 0 Å². The van der Waals surface area contributed by atoms with Gasteiger partial charge in [0.15, 0.2) is 0 Å². The Balaban J connectivity index is 1.75. The number of rotatable bonds is 6. The fraction of sp³-hybridized carbons (Fsp3) is 0.292. The van der Waals surface area contributed by atoms with Crippen LogP contribution in [-0.4, -0.2) is 5.78 Å². The Morgan fingerprint density at radius 3 is 2.46 bits per heavy atom. The molecule has 0 spiro atoms. The topological polar surface area (TPSA) is 17.1 Å². The van der Waals surface area contributed by atoms with Gasteiger partial charge in [-0.2, -0.15) is 0 Å². The molecule has 1 aromatic rings. The monoisotopic (exact) mass is 386 g/mol. The van der Waals surface area contributed by atoms with Gasteiger partial charge in [-0.25, -0.2) is 0 Å². The predicted octanol–water partition coefficient (Wildman–Crippen LogP) is 6.22. The van der Waals surface area contributed by atoms with E-state index in [1.54, 1.807) is 6.08 Å². The van der Waals surface area contributed by atoms with Gasteiger partial charge in [0.1, 0.15) is 0 Å². The Morgan fingerprint density at radius 2 is 1.73 bits per heavy atom. The van der Waals surface area contributed by atoms with Crippen molar-refractivity contribution in [3.05, 3.63) is 86.4 Å². The molecule has 0 amide bonds. The molecule has 0 aliphatic heterocycles. The van der Waals surface area contributed by atoms with E-state index in [-0.39, 0.29) is 11.2 Å². The van der Waals surface area contributed by atoms with Gasteiger partial charge in [-0.1, -0.05) is 0 Å². The third-order valence-corrected chi connectivity index (χ3v) is 6.01. The Hall–Kier alpha value is -1.89. The van der Waals surface area contributed by atoms with Crippen LogP contribution in [0, 0.1) is 5.41 Å². The zero-order valence-corrected chi connectivity index (χ0v) is 16.8. The Labute approximate surface area is 163 Å². The summed E-state index contributed by atoms with van der Waals surface area (Å²) in [5.41, 5.74) is 3.68. The van der Waals surface area contributed by atoms with Crippen molar-refractivity contribution in [2.24, 2.45) is 5.41 Å². The van der Waals surface area contributed by atoms with Crippen LogP contribution in [0.2, 0.25) is 0 Å². The molecule has 0 saturated carbocycles. The van der Waals surface area contributed by atoms with Crippen LogP contribution in [0.25, 0.3) is 6.08 Å². The molecule has 0 unspecified atom stereocenters. The summed E-state index contributed by atoms with van der Waals surface area (Å²) in [6, 6.07) is 9.98. The van der Waals surface area contributed by atoms with E-state index in [1.165, 1.54) is 14.5 Å². The Morgan fingerprint density at radius 1 is 1.04 bits per heavy atom. The molecule has 136 valence electrons. The third-order valence-electron chi connectivity index (χ3n) is 4.24. The van der Waals surface area contributed by atoms with Crippen LogP contribution in [0.5, 0.6) is 0 Å². The average molecular weight is 386 g/mol. The summed E-state index contributed by atoms with van der Waals surface area (Å²) in [6.45, 7) is 6.84. The van der Waals surface area contributed by atoms with Gasteiger partial charge in [0.2, 0.25) is 0 Å². The minimum absolute atomic E-state index is 0.113. The van der Waals surface area contributed by atoms with Crippen molar-refractivity contribution in [3.8, 4) is 0 Å². The molecule has 2 aliphatic carbocycles. The van der Waals surface area contributed by atoms with Gasteiger partial charge < -0.3 is 0 Å². The Kier molecular flexibility index (Phi) is 5.96. The molecular weight excluding hydrogens is 360 g/mol. The zero-order valence-electron chi connectivity index (χ0n) is 15.7. The minimum atomic E-state index is 0.113. The van der Waals surface area contributed by atoms with E-state index in [2.05, 4.69) is 39.0 Å². The van der Waals surface area contributed by atoms with Crippen molar-refractivity contribution < 1.29 is 19.8 Å². The number of ketones is 1. The number of hydrogen-bond acceptors (Lipinski definition) is 1. The van der Waals surface area contributed by atoms with E-state index in [0.717, 1.165) is 45.4 Å². The molecule has 0 radical (unpaired) electrons. The first-order chi connectivity index (χ1) is 12.4. The molecule has 0 saturated heterocycles. The van der Waals surface area contributed by atoms with Gasteiger partial charge >= 0.3 is 163 Å². The summed E-state index contributed by atoms with van der Waals surface area (Å²) in [5.74, 6) is 0.113. The van der Waals surface area contributed by atoms with Gasteiger partial charge in [-0.15, -0.1) is 0 Å². The molecule has 0 bridgehead atoms. The second-order valence-corrected chi connectivity index (χ2v) is 9.48. The maximum absolute atomic E-state index is 12.7. The summed E-state index contributed by atoms with van der Waals surface area (Å²) in [5, 5.41) is 0. The number of allylic oxidation sites excluding steroid dienone is 9. The van der Waals surface area contributed by atoms with Crippen LogP contribution < -0.4 is 0 Å². The van der Waals surface area contributed by atoms with Crippen LogP contribution in [-0.2, 0) is 19.8 Å². The predicted molar refractivity (Wildman–Crippen MR) is 106 cm³/mol. The SMILES string of the molecule is CC(C)(C)CC1=[C]([Fe][C]2=C(C(=O)C=Cc3ccccc3)C=CC2)CC=C1. The first-order valence-electron chi connectivity index (χ1n) is 9.10. The molecule has 3 rings (SSSR count). The van der Waals surface area contributed by atoms with Gasteiger partial charge in [0.05, 0.1) is 0 Å². The normalized spacial score (nSPS) is 17.3. The van der Waals surface area contributed by atoms with Crippen molar-refractivity contribution in [2.45, 2.75) is 40.0 Å². The van der Waals surface area contributed by atoms with E-state index >= 15 is 0 Å². The van der Waals surface area contributed by atoms with Crippen molar-refractivity contribution in [2.75, 3.05) is 0 Å². The molecule has 2 aliphatic rings.